The largest absolute Gasteiger partial charge is 0.396 e. The molecule has 0 saturated heterocycles. The first kappa shape index (κ1) is 11.4. The Balaban J connectivity index is 1.98. The van der Waals surface area contributed by atoms with Crippen molar-refractivity contribution in [1.29, 1.82) is 0 Å². The van der Waals surface area contributed by atoms with Crippen LogP contribution in [0.25, 0.3) is 11.4 Å². The fraction of sp³-hybridized carbons (Fsp3) is 0.357. The first-order valence-corrected chi connectivity index (χ1v) is 6.19. The second-order valence-electron chi connectivity index (χ2n) is 4.78. The summed E-state index contributed by atoms with van der Waals surface area (Å²) in [5.74, 6) is 0.907. The summed E-state index contributed by atoms with van der Waals surface area (Å²) in [6.45, 7) is 1.06. The lowest BCUT2D eigenvalue weighted by Crippen LogP contribution is -2.21. The maximum Gasteiger partial charge on any atom is 0.140 e. The number of aliphatic hydroxyl groups excluding tert-OH is 1. The Morgan fingerprint density at radius 1 is 1.44 bits per heavy atom. The van der Waals surface area contributed by atoms with Gasteiger partial charge in [0.25, 0.3) is 0 Å². The topological polar surface area (TPSA) is 38.0 Å². The summed E-state index contributed by atoms with van der Waals surface area (Å²) in [5, 5.41) is 9.20. The van der Waals surface area contributed by atoms with Crippen LogP contribution in [-0.4, -0.2) is 21.3 Å². The number of imidazole rings is 1. The van der Waals surface area contributed by atoms with Crippen LogP contribution >= 0.6 is 0 Å². The Labute approximate surface area is 105 Å². The molecule has 94 valence electrons. The molecule has 0 amide bonds. The normalized spacial score (nSPS) is 18.7. The summed E-state index contributed by atoms with van der Waals surface area (Å²) in [7, 11) is 0. The van der Waals surface area contributed by atoms with Gasteiger partial charge >= 0.3 is 0 Å². The highest BCUT2D eigenvalue weighted by Gasteiger charge is 2.21. The number of benzene rings is 1. The molecule has 1 aliphatic heterocycles. The van der Waals surface area contributed by atoms with Crippen LogP contribution in [-0.2, 0) is 13.0 Å². The molecule has 1 aromatic carbocycles. The zero-order valence-corrected chi connectivity index (χ0v) is 10.0. The van der Waals surface area contributed by atoms with E-state index in [-0.39, 0.29) is 12.4 Å². The number of aliphatic hydroxyl groups is 1. The van der Waals surface area contributed by atoms with Crippen LogP contribution in [0, 0.1) is 11.7 Å². The number of hydrogen-bond acceptors (Lipinski definition) is 2. The molecule has 2 aromatic rings. The van der Waals surface area contributed by atoms with Gasteiger partial charge in [-0.05, 0) is 30.9 Å². The quantitative estimate of drug-likeness (QED) is 0.882. The summed E-state index contributed by atoms with van der Waals surface area (Å²) in [4.78, 5) is 4.39. The molecule has 1 N–H and O–H groups in total. The van der Waals surface area contributed by atoms with Crippen molar-refractivity contribution in [2.75, 3.05) is 6.61 Å². The standard InChI is InChI=1S/C14H15FN2O/c15-12-3-1-2-11(7-12)14-16-8-13-6-10(9-18)4-5-17(13)14/h1-3,7-8,10,18H,4-6,9H2. The second kappa shape index (κ2) is 4.53. The minimum Gasteiger partial charge on any atom is -0.396 e. The van der Waals surface area contributed by atoms with Crippen LogP contribution in [0.15, 0.2) is 30.5 Å². The van der Waals surface area contributed by atoms with Gasteiger partial charge in [-0.15, -0.1) is 0 Å². The minimum absolute atomic E-state index is 0.223. The first-order valence-electron chi connectivity index (χ1n) is 6.19. The average molecular weight is 246 g/mol. The molecule has 0 bridgehead atoms. The van der Waals surface area contributed by atoms with Gasteiger partial charge in [-0.25, -0.2) is 9.37 Å². The molecule has 0 fully saturated rings. The third-order valence-corrected chi connectivity index (χ3v) is 3.54. The Kier molecular flexibility index (Phi) is 2.88. The lowest BCUT2D eigenvalue weighted by Gasteiger charge is -2.23. The highest BCUT2D eigenvalue weighted by molar-refractivity contribution is 5.56. The fourth-order valence-corrected chi connectivity index (χ4v) is 2.55. The van der Waals surface area contributed by atoms with Gasteiger partial charge in [-0.3, -0.25) is 0 Å². The number of aromatic nitrogens is 2. The molecule has 3 rings (SSSR count). The van der Waals surface area contributed by atoms with Gasteiger partial charge in [-0.2, -0.15) is 0 Å². The van der Waals surface area contributed by atoms with E-state index in [0.717, 1.165) is 36.5 Å². The van der Waals surface area contributed by atoms with Gasteiger partial charge in [-0.1, -0.05) is 12.1 Å². The van der Waals surface area contributed by atoms with Crippen LogP contribution in [0.1, 0.15) is 12.1 Å². The molecule has 3 nitrogen and oxygen atoms in total. The average Bonchev–Trinajstić information content (AvgIpc) is 2.81. The molecule has 4 heteroatoms. The van der Waals surface area contributed by atoms with Crippen molar-refractivity contribution in [3.05, 3.63) is 42.0 Å². The third kappa shape index (κ3) is 1.93. The summed E-state index contributed by atoms with van der Waals surface area (Å²) in [5.41, 5.74) is 1.93. The van der Waals surface area contributed by atoms with Gasteiger partial charge in [0.2, 0.25) is 0 Å². The van der Waals surface area contributed by atoms with E-state index in [9.17, 15) is 9.50 Å². The highest BCUT2D eigenvalue weighted by atomic mass is 19.1. The van der Waals surface area contributed by atoms with Crippen molar-refractivity contribution in [3.63, 3.8) is 0 Å². The van der Waals surface area contributed by atoms with Crippen LogP contribution < -0.4 is 0 Å². The maximum absolute atomic E-state index is 13.2. The van der Waals surface area contributed by atoms with Crippen molar-refractivity contribution in [2.24, 2.45) is 5.92 Å². The van der Waals surface area contributed by atoms with E-state index >= 15 is 0 Å². The number of halogens is 1. The SMILES string of the molecule is OCC1CCn2c(cnc2-c2cccc(F)c2)C1. The third-order valence-electron chi connectivity index (χ3n) is 3.54. The van der Waals surface area contributed by atoms with Crippen LogP contribution in [0.3, 0.4) is 0 Å². The smallest absolute Gasteiger partial charge is 0.140 e. The molecule has 18 heavy (non-hydrogen) atoms. The number of nitrogens with zero attached hydrogens (tertiary/aromatic N) is 2. The van der Waals surface area contributed by atoms with Gasteiger partial charge < -0.3 is 9.67 Å². The van der Waals surface area contributed by atoms with E-state index in [4.69, 9.17) is 0 Å². The molecule has 1 aromatic heterocycles. The van der Waals surface area contributed by atoms with Crippen molar-refractivity contribution in [1.82, 2.24) is 9.55 Å². The number of rotatable bonds is 2. The minimum atomic E-state index is -0.242. The van der Waals surface area contributed by atoms with E-state index in [1.165, 1.54) is 12.1 Å². The van der Waals surface area contributed by atoms with E-state index in [1.807, 2.05) is 12.3 Å². The summed E-state index contributed by atoms with van der Waals surface area (Å²) >= 11 is 0. The fourth-order valence-electron chi connectivity index (χ4n) is 2.55. The zero-order chi connectivity index (χ0) is 12.5. The Bertz CT molecular complexity index is 565. The van der Waals surface area contributed by atoms with Gasteiger partial charge in [0, 0.05) is 30.6 Å². The lowest BCUT2D eigenvalue weighted by molar-refractivity contribution is 0.201. The molecular formula is C14H15FN2O. The predicted molar refractivity (Wildman–Crippen MR) is 66.5 cm³/mol. The summed E-state index contributed by atoms with van der Waals surface area (Å²) in [6, 6.07) is 6.52. The molecular weight excluding hydrogens is 231 g/mol. The van der Waals surface area contributed by atoms with Crippen molar-refractivity contribution >= 4 is 0 Å². The molecule has 1 unspecified atom stereocenters. The Morgan fingerprint density at radius 2 is 2.33 bits per heavy atom. The van der Waals surface area contributed by atoms with Crippen molar-refractivity contribution in [3.8, 4) is 11.4 Å². The maximum atomic E-state index is 13.2. The first-order chi connectivity index (χ1) is 8.78. The van der Waals surface area contributed by atoms with Gasteiger partial charge in [0.15, 0.2) is 0 Å². The van der Waals surface area contributed by atoms with Crippen LogP contribution in [0.5, 0.6) is 0 Å². The number of hydrogen-bond donors (Lipinski definition) is 1. The summed E-state index contributed by atoms with van der Waals surface area (Å²) in [6.07, 6.45) is 3.63. The van der Waals surface area contributed by atoms with Crippen LogP contribution in [0.4, 0.5) is 4.39 Å². The molecule has 2 heterocycles. The van der Waals surface area contributed by atoms with Gasteiger partial charge in [0.05, 0.1) is 0 Å². The van der Waals surface area contributed by atoms with Crippen molar-refractivity contribution < 1.29 is 9.50 Å². The van der Waals surface area contributed by atoms with Crippen molar-refractivity contribution in [2.45, 2.75) is 19.4 Å². The summed E-state index contributed by atoms with van der Waals surface area (Å²) < 4.78 is 15.4. The van der Waals surface area contributed by atoms with E-state index in [1.54, 1.807) is 6.07 Å². The monoisotopic (exact) mass is 246 g/mol. The second-order valence-corrected chi connectivity index (χ2v) is 4.78. The van der Waals surface area contributed by atoms with E-state index in [0.29, 0.717) is 5.92 Å². The van der Waals surface area contributed by atoms with Gasteiger partial charge in [0.1, 0.15) is 11.6 Å². The van der Waals surface area contributed by atoms with E-state index in [2.05, 4.69) is 9.55 Å². The molecule has 1 atom stereocenters. The van der Waals surface area contributed by atoms with Crippen LogP contribution in [0.2, 0.25) is 0 Å². The highest BCUT2D eigenvalue weighted by Crippen LogP contribution is 2.27. The van der Waals surface area contributed by atoms with E-state index < -0.39 is 0 Å². The Morgan fingerprint density at radius 3 is 3.11 bits per heavy atom. The Hall–Kier alpha value is -1.68. The predicted octanol–water partition coefficient (Wildman–Crippen LogP) is 2.24. The molecule has 0 radical (unpaired) electrons. The molecule has 1 aliphatic rings. The molecule has 0 spiro atoms. The lowest BCUT2D eigenvalue weighted by atomic mass is 9.97. The zero-order valence-electron chi connectivity index (χ0n) is 10.0. The molecule has 0 aliphatic carbocycles. The number of fused-ring (bicyclic) bond motifs is 1. The molecule has 0 saturated carbocycles.